The van der Waals surface area contributed by atoms with E-state index < -0.39 is 0 Å². The first-order chi connectivity index (χ1) is 11.9. The zero-order chi connectivity index (χ0) is 19.5. The van der Waals surface area contributed by atoms with Gasteiger partial charge in [-0.25, -0.2) is 0 Å². The summed E-state index contributed by atoms with van der Waals surface area (Å²) in [5.41, 5.74) is 0. The molecule has 2 N–H and O–H groups in total. The van der Waals surface area contributed by atoms with Gasteiger partial charge in [-0.15, -0.1) is 0 Å². The number of nitrogens with one attached hydrogen (secondary N) is 2. The maximum atomic E-state index is 11.4. The van der Waals surface area contributed by atoms with Crippen LogP contribution >= 0.6 is 0 Å². The molecule has 0 aromatic heterocycles. The van der Waals surface area contributed by atoms with Crippen LogP contribution in [0.4, 0.5) is 0 Å². The van der Waals surface area contributed by atoms with E-state index in [1.807, 2.05) is 27.7 Å². The van der Waals surface area contributed by atoms with Crippen molar-refractivity contribution in [2.45, 2.75) is 34.6 Å². The summed E-state index contributed by atoms with van der Waals surface area (Å²) in [6.07, 6.45) is 0. The first-order valence-corrected chi connectivity index (χ1v) is 8.70. The van der Waals surface area contributed by atoms with E-state index in [0.29, 0.717) is 32.9 Å². The Labute approximate surface area is 151 Å². The van der Waals surface area contributed by atoms with Crippen molar-refractivity contribution in [1.82, 2.24) is 10.6 Å². The Morgan fingerprint density at radius 3 is 1.92 bits per heavy atom. The topological polar surface area (TPSA) is 103 Å². The van der Waals surface area contributed by atoms with Crippen LogP contribution in [0.25, 0.3) is 0 Å². The monoisotopic (exact) mass is 362 g/mol. The van der Waals surface area contributed by atoms with E-state index in [1.54, 1.807) is 0 Å². The summed E-state index contributed by atoms with van der Waals surface area (Å²) in [5.74, 6) is -0.349. The van der Waals surface area contributed by atoms with Gasteiger partial charge < -0.3 is 24.8 Å². The minimum atomic E-state index is -0.248. The third-order valence-corrected chi connectivity index (χ3v) is 2.68. The smallest absolute Gasteiger partial charge is 0.246 e. The van der Waals surface area contributed by atoms with Crippen molar-refractivity contribution in [3.63, 3.8) is 0 Å². The molecular formula is C17H34N2O6. The summed E-state index contributed by atoms with van der Waals surface area (Å²) in [5, 5.41) is 5.22. The van der Waals surface area contributed by atoms with E-state index in [1.165, 1.54) is 6.92 Å². The molecule has 0 fully saturated rings. The Morgan fingerprint density at radius 2 is 1.32 bits per heavy atom. The van der Waals surface area contributed by atoms with Crippen LogP contribution in [0, 0.1) is 5.92 Å². The van der Waals surface area contributed by atoms with Crippen molar-refractivity contribution >= 4 is 17.6 Å². The molecule has 0 aliphatic carbocycles. The zero-order valence-electron chi connectivity index (χ0n) is 16.2. The second-order valence-electron chi connectivity index (χ2n) is 5.17. The van der Waals surface area contributed by atoms with Crippen molar-refractivity contribution in [2.24, 2.45) is 5.92 Å². The Kier molecular flexibility index (Phi) is 19.4. The highest BCUT2D eigenvalue weighted by Gasteiger charge is 2.06. The van der Waals surface area contributed by atoms with Gasteiger partial charge in [-0.05, 0) is 0 Å². The van der Waals surface area contributed by atoms with Gasteiger partial charge in [-0.3, -0.25) is 14.4 Å². The number of ketones is 1. The molecule has 0 bridgehead atoms. The number of carbonyl (C=O) groups is 3. The lowest BCUT2D eigenvalue weighted by atomic mass is 10.1. The van der Waals surface area contributed by atoms with E-state index in [9.17, 15) is 14.4 Å². The van der Waals surface area contributed by atoms with Gasteiger partial charge in [-0.2, -0.15) is 0 Å². The van der Waals surface area contributed by atoms with E-state index in [4.69, 9.17) is 14.2 Å². The fourth-order valence-corrected chi connectivity index (χ4v) is 1.34. The van der Waals surface area contributed by atoms with Crippen LogP contribution in [0.2, 0.25) is 0 Å². The average molecular weight is 362 g/mol. The predicted octanol–water partition coefficient (Wildman–Crippen LogP) is 0.540. The fourth-order valence-electron chi connectivity index (χ4n) is 1.34. The molecule has 8 heteroatoms. The van der Waals surface area contributed by atoms with Crippen LogP contribution in [0.1, 0.15) is 34.6 Å². The van der Waals surface area contributed by atoms with Gasteiger partial charge in [0.25, 0.3) is 0 Å². The summed E-state index contributed by atoms with van der Waals surface area (Å²) < 4.78 is 15.5. The molecule has 0 heterocycles. The maximum Gasteiger partial charge on any atom is 0.246 e. The van der Waals surface area contributed by atoms with Gasteiger partial charge in [0.2, 0.25) is 11.8 Å². The van der Waals surface area contributed by atoms with Gasteiger partial charge in [0.15, 0.2) is 5.78 Å². The van der Waals surface area contributed by atoms with Crippen LogP contribution in [0.15, 0.2) is 0 Å². The largest absolute Gasteiger partial charge is 0.377 e. The van der Waals surface area contributed by atoms with Gasteiger partial charge in [0.05, 0.1) is 26.4 Å². The standard InChI is InChI=1S/C15H28N2O6.C2H6/c1-12(2)14(19)10-22-7-5-17-15(20)11-23-9-8-21-6-4-16-13(3)18;1-2/h12H,4-11H2,1-3H3,(H,16,18)(H,17,20);1-2H3. The molecule has 0 saturated heterocycles. The molecule has 0 aliphatic rings. The predicted molar refractivity (Wildman–Crippen MR) is 95.3 cm³/mol. The second kappa shape index (κ2) is 18.8. The molecule has 0 radical (unpaired) electrons. The lowest BCUT2D eigenvalue weighted by Crippen LogP contribution is -2.31. The minimum absolute atomic E-state index is 0.0400. The normalized spacial score (nSPS) is 10.0. The average Bonchev–Trinajstić information content (AvgIpc) is 2.58. The molecule has 0 saturated carbocycles. The van der Waals surface area contributed by atoms with Crippen molar-refractivity contribution in [2.75, 3.05) is 52.7 Å². The van der Waals surface area contributed by atoms with Gasteiger partial charge in [0, 0.05) is 25.9 Å². The number of Topliss-reactive ketones (excluding diaryl/α,β-unsaturated/α-hetero) is 1. The number of hydrogen-bond acceptors (Lipinski definition) is 6. The number of ether oxygens (including phenoxy) is 3. The molecular weight excluding hydrogens is 328 g/mol. The lowest BCUT2D eigenvalue weighted by molar-refractivity contribution is -0.127. The van der Waals surface area contributed by atoms with Gasteiger partial charge >= 0.3 is 0 Å². The molecule has 8 nitrogen and oxygen atoms in total. The molecule has 148 valence electrons. The molecule has 25 heavy (non-hydrogen) atoms. The quantitative estimate of drug-likeness (QED) is 0.437. The van der Waals surface area contributed by atoms with Crippen LogP contribution in [0.5, 0.6) is 0 Å². The van der Waals surface area contributed by atoms with Gasteiger partial charge in [0.1, 0.15) is 13.2 Å². The van der Waals surface area contributed by atoms with Crippen LogP contribution < -0.4 is 10.6 Å². The van der Waals surface area contributed by atoms with E-state index in [2.05, 4.69) is 10.6 Å². The Hall–Kier alpha value is -1.51. The second-order valence-corrected chi connectivity index (χ2v) is 5.17. The highest BCUT2D eigenvalue weighted by Crippen LogP contribution is 1.93. The molecule has 0 aliphatic heterocycles. The number of amides is 2. The molecule has 0 unspecified atom stereocenters. The Morgan fingerprint density at radius 1 is 0.800 bits per heavy atom. The van der Waals surface area contributed by atoms with E-state index in [0.717, 1.165) is 0 Å². The van der Waals surface area contributed by atoms with Crippen LogP contribution in [0.3, 0.4) is 0 Å². The van der Waals surface area contributed by atoms with E-state index in [-0.39, 0.29) is 43.3 Å². The summed E-state index contributed by atoms with van der Waals surface area (Å²) in [6, 6.07) is 0. The Balaban J connectivity index is 0. The van der Waals surface area contributed by atoms with Crippen molar-refractivity contribution < 1.29 is 28.6 Å². The molecule has 0 spiro atoms. The zero-order valence-corrected chi connectivity index (χ0v) is 16.2. The van der Waals surface area contributed by atoms with Crippen molar-refractivity contribution in [3.8, 4) is 0 Å². The van der Waals surface area contributed by atoms with Crippen molar-refractivity contribution in [3.05, 3.63) is 0 Å². The van der Waals surface area contributed by atoms with Gasteiger partial charge in [-0.1, -0.05) is 27.7 Å². The van der Waals surface area contributed by atoms with Crippen molar-refractivity contribution in [1.29, 1.82) is 0 Å². The summed E-state index contributed by atoms with van der Waals surface area (Å²) in [4.78, 5) is 33.3. The number of carbonyl (C=O) groups excluding carboxylic acids is 3. The molecule has 0 aromatic rings. The molecule has 2 amide bonds. The fraction of sp³-hybridized carbons (Fsp3) is 0.824. The Bertz CT molecular complexity index is 361. The number of rotatable bonds is 14. The maximum absolute atomic E-state index is 11.4. The third kappa shape index (κ3) is 20.4. The highest BCUT2D eigenvalue weighted by molar-refractivity contribution is 5.81. The van der Waals surface area contributed by atoms with Crippen LogP contribution in [-0.4, -0.2) is 70.3 Å². The summed E-state index contributed by atoms with van der Waals surface area (Å²) in [6.45, 7) is 11.2. The first kappa shape index (κ1) is 25.7. The SMILES string of the molecule is CC.CC(=O)NCCOCCOCC(=O)NCCOCC(=O)C(C)C. The first-order valence-electron chi connectivity index (χ1n) is 8.70. The summed E-state index contributed by atoms with van der Waals surface area (Å²) in [7, 11) is 0. The van der Waals surface area contributed by atoms with E-state index >= 15 is 0 Å². The molecule has 0 aromatic carbocycles. The molecule has 0 rings (SSSR count). The third-order valence-electron chi connectivity index (χ3n) is 2.68. The molecule has 0 atom stereocenters. The van der Waals surface area contributed by atoms with Crippen LogP contribution in [-0.2, 0) is 28.6 Å². The summed E-state index contributed by atoms with van der Waals surface area (Å²) >= 11 is 0. The number of hydrogen-bond donors (Lipinski definition) is 2. The minimum Gasteiger partial charge on any atom is -0.377 e. The lowest BCUT2D eigenvalue weighted by Gasteiger charge is -2.08. The highest BCUT2D eigenvalue weighted by atomic mass is 16.5.